The molecule has 2 aliphatic carbocycles. The van der Waals surface area contributed by atoms with Crippen molar-refractivity contribution in [2.75, 3.05) is 32.2 Å². The summed E-state index contributed by atoms with van der Waals surface area (Å²) in [6, 6.07) is 1.57. The van der Waals surface area contributed by atoms with E-state index in [2.05, 4.69) is 20.8 Å². The first-order chi connectivity index (χ1) is 16.0. The van der Waals surface area contributed by atoms with Crippen molar-refractivity contribution in [3.8, 4) is 5.88 Å². The Bertz CT molecular complexity index is 1170. The van der Waals surface area contributed by atoms with E-state index in [4.69, 9.17) is 19.3 Å². The Kier molecular flexibility index (Phi) is 6.12. The lowest BCUT2D eigenvalue weighted by atomic mass is 9.99. The first kappa shape index (κ1) is 22.3. The molecule has 1 aromatic carbocycles. The number of nitrogens with one attached hydrogen (secondary N) is 1. The summed E-state index contributed by atoms with van der Waals surface area (Å²) in [6.45, 7) is 1.59. The van der Waals surface area contributed by atoms with Crippen LogP contribution in [-0.4, -0.2) is 53.1 Å². The highest BCUT2D eigenvalue weighted by atomic mass is 32.2. The summed E-state index contributed by atoms with van der Waals surface area (Å²) in [4.78, 5) is 13.0. The van der Waals surface area contributed by atoms with Gasteiger partial charge in [-0.1, -0.05) is 6.07 Å². The molecule has 1 unspecified atom stereocenters. The fourth-order valence-electron chi connectivity index (χ4n) is 4.92. The van der Waals surface area contributed by atoms with Gasteiger partial charge in [0.2, 0.25) is 5.88 Å². The third kappa shape index (κ3) is 4.37. The number of urea groups is 1. The van der Waals surface area contributed by atoms with Crippen LogP contribution in [0.2, 0.25) is 0 Å². The number of carbonyl (C=O) groups excluding carboxylic acids is 1. The zero-order chi connectivity index (χ0) is 23.0. The lowest BCUT2D eigenvalue weighted by Crippen LogP contribution is -2.34. The van der Waals surface area contributed by atoms with E-state index in [1.807, 2.05) is 0 Å². The number of fused-ring (bicyclic) bond motifs is 3. The first-order valence-electron chi connectivity index (χ1n) is 11.3. The van der Waals surface area contributed by atoms with Gasteiger partial charge in [0, 0.05) is 12.8 Å². The van der Waals surface area contributed by atoms with Crippen LogP contribution >= 0.6 is 0 Å². The average Bonchev–Trinajstić information content (AvgIpc) is 3.52. The van der Waals surface area contributed by atoms with Gasteiger partial charge in [0.1, 0.15) is 17.6 Å². The van der Waals surface area contributed by atoms with Crippen molar-refractivity contribution < 1.29 is 23.2 Å². The number of hydrogen-bond acceptors (Lipinski definition) is 6. The number of methoxy groups -OCH3 is 1. The van der Waals surface area contributed by atoms with Crippen LogP contribution in [0.1, 0.15) is 35.1 Å². The number of hydrogen-bond donors (Lipinski definition) is 2. The van der Waals surface area contributed by atoms with Gasteiger partial charge in [-0.2, -0.15) is 5.10 Å². The van der Waals surface area contributed by atoms with Crippen molar-refractivity contribution >= 4 is 21.6 Å². The second kappa shape index (κ2) is 9.05. The molecule has 178 valence electrons. The van der Waals surface area contributed by atoms with Crippen LogP contribution in [0.15, 0.2) is 21.5 Å². The fourth-order valence-corrected chi connectivity index (χ4v) is 5.92. The molecule has 0 spiro atoms. The van der Waals surface area contributed by atoms with Gasteiger partial charge < -0.3 is 19.5 Å². The van der Waals surface area contributed by atoms with Gasteiger partial charge in [-0.3, -0.25) is 0 Å². The van der Waals surface area contributed by atoms with Crippen LogP contribution in [0.5, 0.6) is 5.88 Å². The Labute approximate surface area is 193 Å². The van der Waals surface area contributed by atoms with Gasteiger partial charge in [-0.25, -0.2) is 18.8 Å². The number of aromatic nitrogens is 2. The van der Waals surface area contributed by atoms with Crippen LogP contribution in [-0.2, 0) is 51.6 Å². The van der Waals surface area contributed by atoms with Gasteiger partial charge in [0.15, 0.2) is 9.92 Å². The summed E-state index contributed by atoms with van der Waals surface area (Å²) in [7, 11) is -1.94. The predicted molar refractivity (Wildman–Crippen MR) is 122 cm³/mol. The number of rotatable bonds is 6. The van der Waals surface area contributed by atoms with E-state index < -0.39 is 15.9 Å². The molecule has 2 heterocycles. The van der Waals surface area contributed by atoms with Crippen molar-refractivity contribution in [2.24, 2.45) is 9.50 Å². The van der Waals surface area contributed by atoms with Crippen molar-refractivity contribution in [2.45, 2.75) is 56.1 Å². The highest BCUT2D eigenvalue weighted by Gasteiger charge is 2.29. The molecule has 0 saturated heterocycles. The van der Waals surface area contributed by atoms with E-state index in [9.17, 15) is 9.00 Å². The van der Waals surface area contributed by atoms with Gasteiger partial charge >= 0.3 is 6.03 Å². The van der Waals surface area contributed by atoms with Crippen molar-refractivity contribution in [3.63, 3.8) is 0 Å². The lowest BCUT2D eigenvalue weighted by molar-refractivity contribution is -0.0315. The monoisotopic (exact) mass is 475 g/mol. The molecule has 0 fully saturated rings. The molecule has 2 atom stereocenters. The van der Waals surface area contributed by atoms with Crippen LogP contribution in [0.3, 0.4) is 0 Å². The molecule has 0 bridgehead atoms. The minimum absolute atomic E-state index is 0.108. The van der Waals surface area contributed by atoms with Crippen molar-refractivity contribution in [1.82, 2.24) is 9.78 Å². The molecule has 5 rings (SSSR count). The van der Waals surface area contributed by atoms with Crippen molar-refractivity contribution in [1.29, 1.82) is 0 Å². The molecule has 0 radical (unpaired) electrons. The van der Waals surface area contributed by atoms with E-state index in [1.165, 1.54) is 33.1 Å². The van der Waals surface area contributed by atoms with Crippen molar-refractivity contribution in [3.05, 3.63) is 34.5 Å². The Morgan fingerprint density at radius 1 is 1.27 bits per heavy atom. The second-order valence-corrected chi connectivity index (χ2v) is 10.4. The summed E-state index contributed by atoms with van der Waals surface area (Å²) in [6.07, 6.45) is 7.17. The molecule has 1 aliphatic heterocycles. The molecule has 3 N–H and O–H groups in total. The van der Waals surface area contributed by atoms with E-state index >= 15 is 0 Å². The quantitative estimate of drug-likeness (QED) is 0.616. The summed E-state index contributed by atoms with van der Waals surface area (Å²) >= 11 is 0. The lowest BCUT2D eigenvalue weighted by Gasteiger charge is -2.24. The van der Waals surface area contributed by atoms with Gasteiger partial charge in [-0.05, 0) is 60.8 Å². The topological polar surface area (TPSA) is 130 Å². The van der Waals surface area contributed by atoms with Gasteiger partial charge in [0.25, 0.3) is 0 Å². The van der Waals surface area contributed by atoms with Crippen LogP contribution in [0.25, 0.3) is 0 Å². The van der Waals surface area contributed by atoms with Crippen LogP contribution < -0.4 is 15.2 Å². The number of carbonyl (C=O) groups is 1. The van der Waals surface area contributed by atoms with E-state index in [0.717, 1.165) is 44.2 Å². The predicted octanol–water partition coefficient (Wildman–Crippen LogP) is 2.22. The molecule has 2 amide bonds. The van der Waals surface area contributed by atoms with Gasteiger partial charge in [0.05, 0.1) is 26.0 Å². The molecule has 11 heteroatoms. The average molecular weight is 476 g/mol. The highest BCUT2D eigenvalue weighted by Crippen LogP contribution is 2.38. The number of nitrogens with two attached hydrogens (primary N) is 1. The number of ether oxygens (including phenoxy) is 3. The summed E-state index contributed by atoms with van der Waals surface area (Å²) in [5.74, 6) is 0.257. The minimum atomic E-state index is -3.55. The summed E-state index contributed by atoms with van der Waals surface area (Å²) in [5, 5.41) is 13.2. The largest absolute Gasteiger partial charge is 0.474 e. The van der Waals surface area contributed by atoms with Crippen LogP contribution in [0, 0.1) is 0 Å². The third-order valence-electron chi connectivity index (χ3n) is 6.42. The standard InChI is InChI=1S/C22H29N5O5S/c1-30-8-9-31-16-12-27-21(32-13-16)19(11-24-27)33(23,29)26-22(28)25-20-17-6-2-4-14(17)10-15-5-3-7-18(15)20/h10-11,16H,2-9,12-13H2,1H3,(H3,23,25,26,28,29)/t16-,33?/m0/s1. The summed E-state index contributed by atoms with van der Waals surface area (Å²) in [5.41, 5.74) is 5.77. The van der Waals surface area contributed by atoms with E-state index in [1.54, 1.807) is 7.11 Å². The Balaban J connectivity index is 1.36. The number of nitrogens with zero attached hydrogens (tertiary/aromatic N) is 3. The van der Waals surface area contributed by atoms with E-state index in [0.29, 0.717) is 19.8 Å². The number of benzene rings is 1. The summed E-state index contributed by atoms with van der Waals surface area (Å²) < 4.78 is 35.0. The maximum Gasteiger partial charge on any atom is 0.354 e. The maximum absolute atomic E-state index is 13.3. The molecule has 0 saturated carbocycles. The number of aryl methyl sites for hydroxylation is 2. The first-order valence-corrected chi connectivity index (χ1v) is 12.9. The molecule has 10 nitrogen and oxygen atoms in total. The Morgan fingerprint density at radius 2 is 2.00 bits per heavy atom. The Morgan fingerprint density at radius 3 is 2.70 bits per heavy atom. The molecule has 1 aromatic heterocycles. The van der Waals surface area contributed by atoms with Gasteiger partial charge in [-0.15, -0.1) is 4.36 Å². The minimum Gasteiger partial charge on any atom is -0.474 e. The van der Waals surface area contributed by atoms with Crippen LogP contribution in [0.4, 0.5) is 10.5 Å². The second-order valence-electron chi connectivity index (χ2n) is 8.62. The third-order valence-corrected chi connectivity index (χ3v) is 7.77. The zero-order valence-corrected chi connectivity index (χ0v) is 19.5. The number of amides is 2. The Hall–Kier alpha value is -2.47. The maximum atomic E-state index is 13.3. The highest BCUT2D eigenvalue weighted by molar-refractivity contribution is 7.91. The smallest absolute Gasteiger partial charge is 0.354 e. The zero-order valence-electron chi connectivity index (χ0n) is 18.7. The van der Waals surface area contributed by atoms with E-state index in [-0.39, 0.29) is 23.5 Å². The molecule has 3 aliphatic rings. The SMILES string of the molecule is COCCO[C@@H]1COc2c(S(N)(=O)=NC(=O)Nc3c4c(cc5c3CCC5)CCC4)cnn2C1. The number of anilines is 1. The normalized spacial score (nSPS) is 20.4. The molecular weight excluding hydrogens is 446 g/mol. The molecule has 2 aromatic rings. The fraction of sp³-hybridized carbons (Fsp3) is 0.545. The molecule has 33 heavy (non-hydrogen) atoms. The molecular formula is C22H29N5O5S.